The molecule has 0 spiro atoms. The molecule has 18 rings (SSSR count). The van der Waals surface area contributed by atoms with Gasteiger partial charge in [0.15, 0.2) is 8.68 Å². The van der Waals surface area contributed by atoms with E-state index in [1.54, 1.807) is 31.6 Å². The molecule has 70 heteroatoms. The number of thioether (sulfide) groups is 11. The number of nitrogens with two attached hydrogens (primary N) is 1. The Morgan fingerprint density at radius 3 is 1.33 bits per heavy atom. The van der Waals surface area contributed by atoms with Crippen molar-refractivity contribution >= 4 is 270 Å². The minimum Gasteiger partial charge on any atom is -0.508 e. The molecule has 0 bridgehead atoms. The summed E-state index contributed by atoms with van der Waals surface area (Å²) in [6.07, 6.45) is 8.61. The average Bonchev–Trinajstić information content (AvgIpc) is 0.894. The second kappa shape index (κ2) is 50.4. The van der Waals surface area contributed by atoms with Crippen LogP contribution in [0.15, 0.2) is 159 Å². The quantitative estimate of drug-likeness (QED) is 0.0153. The highest BCUT2D eigenvalue weighted by atomic mass is 35.5. The topological polar surface area (TPSA) is 721 Å². The fraction of sp³-hybridized carbons (Fsp3) is 0.375. The number of phenolic OH excluding ortho intramolecular Hbond substituents is 1. The number of carboxylic acid groups (broad SMARTS) is 5. The van der Waals surface area contributed by atoms with Gasteiger partial charge in [-0.1, -0.05) is 98.5 Å². The molecule has 10 aliphatic heterocycles. The SMILES string of the molecule is CC(=O)OCC1=C(C(=O)O)N2C(=O)[C@@H](NC(=O)CSc3ccncc3)[C@H]2SC1.Cc1nnc(SCC2=C(C(=O)O)N3C(=O)[C@@H](NC(=O)Cn4cc(Cl)c(=O)c(Cl)c4)[C@H]3SC2)s1.Cc1nnc(SCC2=C(C(=O)O)N3C(=O)[C@@H](NC(=O)Cn4cnnn4)[C@H]3SC2)s1.Cn1nnnc1SCC1=C(C(=O)O)N2C(=O)[C@@H](NC(=O)CSC(F)(F)F)[C@H]2SC1.N[C@@H](C(=O)N[C@@H]1C(=O)N2C(C(=O)O)=C(CSc3cnn[nH]3)CS[C@H]12)c1ccc(O)cc1. The van der Waals surface area contributed by atoms with E-state index in [0.29, 0.717) is 83.9 Å². The molecule has 0 radical (unpaired) electrons. The second-order valence-electron chi connectivity index (χ2n) is 31.8. The van der Waals surface area contributed by atoms with Crippen LogP contribution in [-0.2, 0) is 102 Å². The van der Waals surface area contributed by atoms with Crippen molar-refractivity contribution in [2.45, 2.75) is 126 Å². The Kier molecular flexibility index (Phi) is 38.2. The number of aromatic amines is 1. The van der Waals surface area contributed by atoms with E-state index >= 15 is 0 Å². The summed E-state index contributed by atoms with van der Waals surface area (Å²) in [5.74, 6) is -9.50. The van der Waals surface area contributed by atoms with Crippen molar-refractivity contribution in [1.29, 1.82) is 0 Å². The van der Waals surface area contributed by atoms with Crippen LogP contribution >= 0.6 is 175 Å². The molecule has 10 amide bonds. The standard InChI is InChI=1S/C18H15Cl2N5O5S3.C18H18N6O5S2.C17H17N3O6S2.C14H14N8O4S3.C13H13F3N6O4S3/c1-7-22-23-18(33-7)32-6-8-5-31-16-12(15(28)25(16)13(8)17(29)30)21-11(26)4-24-2-9(19)14(27)10(20)3-24;19-12(8-1-3-10(25)4-2-8)15(26)21-13-16(27)24-14(18(28)29)9(7-31-17(13)24)6-30-11-5-20-23-22-11;1-9(21)26-6-10-7-28-16-13(15(23)20(16)14(10)17(24)25)19-12(22)8-27-11-2-4-18-5-3-11;1-6-17-18-14(29-6)28-4-7-3-27-12-9(11(24)22(12)10(7)13(25)26)16-8(23)2-21-5-15-19-20-21;1-21-12(18-19-20-21)28-3-5-2-27-10-7(9(24)22(10)8(5)11(25)26)17-6(23)4-29-13(14,15)16/h2-3,12,16H,4-6H2,1H3,(H,21,26)(H,29,30);1-5,12-13,17,25H,6-7,19H2,(H,21,26)(H,28,29)(H,20,22,23);2-5,13,16H,6-8H2,1H3,(H,19,22)(H,24,25);5,9,12H,2-4H2,1H3,(H,16,23)(H,25,26);7,10H,2-4H2,1H3,(H,17,23)(H,25,26)/t12-,16-;12-,13-,17-;13-,16-;9-,12-;7-,10-/m11111/s1. The van der Waals surface area contributed by atoms with E-state index in [-0.39, 0.29) is 87.1 Å². The summed E-state index contributed by atoms with van der Waals surface area (Å²) >= 11 is 27.3. The number of rotatable bonds is 35. The van der Waals surface area contributed by atoms with E-state index in [1.165, 1.54) is 225 Å². The Bertz CT molecular complexity index is 6830. The van der Waals surface area contributed by atoms with Crippen molar-refractivity contribution in [2.75, 3.05) is 69.9 Å². The number of aromatic hydroxyl groups is 1. The van der Waals surface area contributed by atoms with Gasteiger partial charge in [-0.25, -0.2) is 33.3 Å². The number of aliphatic carboxylic acids is 5. The number of alkyl halides is 3. The molecule has 7 aromatic heterocycles. The number of phenols is 1. The molecule has 5 fully saturated rings. The number of hydrogen-bond donors (Lipinski definition) is 13. The Labute approximate surface area is 905 Å². The molecule has 794 valence electrons. The summed E-state index contributed by atoms with van der Waals surface area (Å²) in [5, 5.41) is 118. The number of nitrogens with zero attached hydrogens (tertiary/aromatic N) is 21. The summed E-state index contributed by atoms with van der Waals surface area (Å²) in [7, 11) is 1.63. The van der Waals surface area contributed by atoms with Gasteiger partial charge in [-0.05, 0) is 98.6 Å². The predicted molar refractivity (Wildman–Crippen MR) is 539 cm³/mol. The third-order valence-corrected chi connectivity index (χ3v) is 36.9. The number of benzene rings is 1. The first kappa shape index (κ1) is 114. The fourth-order valence-corrected chi connectivity index (χ4v) is 29.1. The molecule has 52 nitrogen and oxygen atoms in total. The van der Waals surface area contributed by atoms with Crippen LogP contribution in [0.1, 0.15) is 28.5 Å². The molecular formula is C80H77Cl2F3N28O24S13. The van der Waals surface area contributed by atoms with E-state index in [9.17, 15) is 125 Å². The summed E-state index contributed by atoms with van der Waals surface area (Å²) < 4.78 is 46.9. The first-order chi connectivity index (χ1) is 71.4. The van der Waals surface area contributed by atoms with Crippen molar-refractivity contribution in [3.8, 4) is 5.75 Å². The molecule has 10 aliphatic rings. The Hall–Kier alpha value is -12.1. The average molecular weight is 2360 g/mol. The van der Waals surface area contributed by atoms with E-state index in [1.807, 2.05) is 13.8 Å². The van der Waals surface area contributed by atoms with Crippen molar-refractivity contribution in [2.24, 2.45) is 12.8 Å². The second-order valence-corrected chi connectivity index (χ2v) is 47.0. The number of pyridine rings is 2. The number of fused-ring (bicyclic) bond motifs is 5. The van der Waals surface area contributed by atoms with Gasteiger partial charge in [0.1, 0.15) is 148 Å². The van der Waals surface area contributed by atoms with Gasteiger partial charge in [-0.15, -0.1) is 118 Å². The van der Waals surface area contributed by atoms with Crippen LogP contribution in [0.25, 0.3) is 0 Å². The summed E-state index contributed by atoms with van der Waals surface area (Å²) in [6.45, 7) is 4.38. The maximum absolute atomic E-state index is 12.8. The number of carbonyl (C=O) groups is 16. The monoisotopic (exact) mass is 2360 g/mol. The molecule has 0 unspecified atom stereocenters. The third-order valence-electron chi connectivity index (χ3n) is 21.7. The highest BCUT2D eigenvalue weighted by molar-refractivity contribution is 8.03. The van der Waals surface area contributed by atoms with Gasteiger partial charge in [-0.3, -0.25) is 92.1 Å². The van der Waals surface area contributed by atoms with E-state index in [2.05, 4.69) is 98.4 Å². The third kappa shape index (κ3) is 27.3. The van der Waals surface area contributed by atoms with Crippen LogP contribution in [0.5, 0.6) is 5.75 Å². The number of nitrogens with one attached hydrogen (secondary N) is 6. The minimum atomic E-state index is -4.56. The van der Waals surface area contributed by atoms with Gasteiger partial charge in [0.05, 0.1) is 17.7 Å². The number of aryl methyl sites for hydroxylation is 3. The normalized spacial score (nSPS) is 20.9. The first-order valence-corrected chi connectivity index (χ1v) is 56.3. The van der Waals surface area contributed by atoms with Crippen LogP contribution in [0.2, 0.25) is 10.0 Å². The number of carboxylic acids is 5. The molecule has 11 atom stereocenters. The lowest BCUT2D eigenvalue weighted by atomic mass is 10.0. The molecule has 8 aromatic rings. The zero-order chi connectivity index (χ0) is 108. The van der Waals surface area contributed by atoms with Crippen molar-refractivity contribution in [3.05, 3.63) is 166 Å². The molecule has 5 saturated heterocycles. The van der Waals surface area contributed by atoms with Crippen LogP contribution in [0.3, 0.4) is 0 Å². The summed E-state index contributed by atoms with van der Waals surface area (Å²) in [4.78, 5) is 216. The van der Waals surface area contributed by atoms with Gasteiger partial charge >= 0.3 is 41.3 Å². The number of β-lactam (4-membered cyclic amide) rings is 5. The lowest BCUT2D eigenvalue weighted by Crippen LogP contribution is -2.71. The lowest BCUT2D eigenvalue weighted by molar-refractivity contribution is -0.150. The molecule has 14 N–H and O–H groups in total. The van der Waals surface area contributed by atoms with E-state index in [4.69, 9.17) is 33.7 Å². The number of esters is 1. The lowest BCUT2D eigenvalue weighted by Gasteiger charge is -2.49. The largest absolute Gasteiger partial charge is 0.508 e. The molecule has 17 heterocycles. The molecule has 0 saturated carbocycles. The first-order valence-electron chi connectivity index (χ1n) is 42.8. The summed E-state index contributed by atoms with van der Waals surface area (Å²) in [5.41, 5.74) is 3.56. The number of carbonyl (C=O) groups excluding carboxylic acids is 11. The molecular weight excluding hydrogens is 2280 g/mol. The Morgan fingerprint density at radius 1 is 0.520 bits per heavy atom. The van der Waals surface area contributed by atoms with Gasteiger partial charge < -0.3 is 72.3 Å². The molecule has 150 heavy (non-hydrogen) atoms. The zero-order valence-corrected chi connectivity index (χ0v) is 89.0. The van der Waals surface area contributed by atoms with Crippen LogP contribution in [-0.4, -0.2) is 368 Å². The van der Waals surface area contributed by atoms with Crippen LogP contribution in [0, 0.1) is 13.8 Å². The van der Waals surface area contributed by atoms with Gasteiger partial charge in [0.2, 0.25) is 40.1 Å². The van der Waals surface area contributed by atoms with Crippen molar-refractivity contribution in [3.63, 3.8) is 0 Å². The van der Waals surface area contributed by atoms with Crippen molar-refractivity contribution < 1.29 is 125 Å². The number of tetrazole rings is 2. The number of halogens is 5. The number of hydrogen-bond acceptors (Lipinski definition) is 46. The number of amides is 10. The maximum atomic E-state index is 12.8. The molecule has 1 aromatic carbocycles. The van der Waals surface area contributed by atoms with Gasteiger partial charge in [-0.2, -0.15) is 13.2 Å². The number of H-pyrrole nitrogens is 1. The van der Waals surface area contributed by atoms with E-state index < -0.39 is 181 Å². The zero-order valence-electron chi connectivity index (χ0n) is 76.9. The summed E-state index contributed by atoms with van der Waals surface area (Å²) in [6, 6.07) is 4.06. The van der Waals surface area contributed by atoms with Crippen LogP contribution in [0.4, 0.5) is 13.2 Å². The highest BCUT2D eigenvalue weighted by Crippen LogP contribution is 2.48. The van der Waals surface area contributed by atoms with Crippen molar-refractivity contribution in [1.82, 2.24) is 137 Å². The number of aromatic nitrogens is 17. The van der Waals surface area contributed by atoms with E-state index in [0.717, 1.165) is 33.4 Å². The van der Waals surface area contributed by atoms with Gasteiger partial charge in [0.25, 0.3) is 29.5 Å². The number of ether oxygens (including phenoxy) is 1. The minimum absolute atomic E-state index is 0.0153. The Morgan fingerprint density at radius 2 is 0.933 bits per heavy atom. The van der Waals surface area contributed by atoms with Crippen LogP contribution < -0.4 is 37.7 Å². The maximum Gasteiger partial charge on any atom is 0.442 e. The smallest absolute Gasteiger partial charge is 0.442 e. The predicted octanol–water partition coefficient (Wildman–Crippen LogP) is 2.02. The van der Waals surface area contributed by atoms with Gasteiger partial charge in [0, 0.05) is 101 Å². The highest BCUT2D eigenvalue weighted by Gasteiger charge is 2.60. The fourth-order valence-electron chi connectivity index (χ4n) is 14.9. The molecule has 0 aliphatic carbocycles. The Balaban J connectivity index is 0.000000148.